The Kier molecular flexibility index (Phi) is 6.64. The van der Waals surface area contributed by atoms with Crippen molar-refractivity contribution in [3.63, 3.8) is 0 Å². The molecule has 0 bridgehead atoms. The Morgan fingerprint density at radius 1 is 1.21 bits per heavy atom. The summed E-state index contributed by atoms with van der Waals surface area (Å²) in [6.07, 6.45) is 0. The van der Waals surface area contributed by atoms with Gasteiger partial charge in [-0.3, -0.25) is 9.69 Å². The summed E-state index contributed by atoms with van der Waals surface area (Å²) in [6.45, 7) is 5.14. The van der Waals surface area contributed by atoms with Gasteiger partial charge < -0.3 is 10.1 Å². The summed E-state index contributed by atoms with van der Waals surface area (Å²) in [7, 11) is 1.62. The van der Waals surface area contributed by atoms with Gasteiger partial charge in [0.1, 0.15) is 5.75 Å². The number of nitrogens with one attached hydrogen (secondary N) is 1. The van der Waals surface area contributed by atoms with E-state index in [0.717, 1.165) is 17.0 Å². The zero-order valence-electron chi connectivity index (χ0n) is 14.3. The third kappa shape index (κ3) is 5.55. The highest BCUT2D eigenvalue weighted by Crippen LogP contribution is 2.16. The number of hydrogen-bond donors (Lipinski definition) is 1. The lowest BCUT2D eigenvalue weighted by atomic mass is 10.2. The van der Waals surface area contributed by atoms with E-state index in [-0.39, 0.29) is 11.9 Å². The zero-order chi connectivity index (χ0) is 17.5. The maximum atomic E-state index is 12.3. The van der Waals surface area contributed by atoms with Crippen molar-refractivity contribution in [2.24, 2.45) is 0 Å². The molecule has 1 N–H and O–H groups in total. The van der Waals surface area contributed by atoms with Gasteiger partial charge in [-0.1, -0.05) is 23.7 Å². The fraction of sp³-hybridized carbons (Fsp3) is 0.316. The topological polar surface area (TPSA) is 41.6 Å². The van der Waals surface area contributed by atoms with Crippen molar-refractivity contribution in [2.45, 2.75) is 26.4 Å². The number of nitrogens with zero attached hydrogens (tertiary/aromatic N) is 1. The first-order chi connectivity index (χ1) is 11.5. The van der Waals surface area contributed by atoms with Gasteiger partial charge in [0.2, 0.25) is 5.91 Å². The second-order valence-corrected chi connectivity index (χ2v) is 6.34. The zero-order valence-corrected chi connectivity index (χ0v) is 15.0. The van der Waals surface area contributed by atoms with Gasteiger partial charge in [0.15, 0.2) is 0 Å². The van der Waals surface area contributed by atoms with Gasteiger partial charge in [-0.05, 0) is 55.8 Å². The maximum Gasteiger partial charge on any atom is 0.238 e. The normalized spacial score (nSPS) is 10.9. The predicted octanol–water partition coefficient (Wildman–Crippen LogP) is 4.20. The Morgan fingerprint density at radius 3 is 2.50 bits per heavy atom. The number of ether oxygens (including phenoxy) is 1. The van der Waals surface area contributed by atoms with Gasteiger partial charge in [0.05, 0.1) is 13.7 Å². The summed E-state index contributed by atoms with van der Waals surface area (Å²) in [5.41, 5.74) is 1.85. The Labute approximate surface area is 148 Å². The van der Waals surface area contributed by atoms with Crippen LogP contribution in [0.25, 0.3) is 0 Å². The van der Waals surface area contributed by atoms with E-state index in [1.165, 1.54) is 0 Å². The van der Waals surface area contributed by atoms with Crippen LogP contribution in [0.15, 0.2) is 48.5 Å². The fourth-order valence-electron chi connectivity index (χ4n) is 2.35. The van der Waals surface area contributed by atoms with E-state index in [0.29, 0.717) is 18.1 Å². The molecule has 0 unspecified atom stereocenters. The van der Waals surface area contributed by atoms with Crippen LogP contribution in [-0.2, 0) is 11.3 Å². The van der Waals surface area contributed by atoms with Crippen LogP contribution in [0.5, 0.6) is 5.75 Å². The fourth-order valence-corrected chi connectivity index (χ4v) is 2.56. The minimum absolute atomic E-state index is 0.0455. The van der Waals surface area contributed by atoms with Gasteiger partial charge in [0.25, 0.3) is 0 Å². The first-order valence-electron chi connectivity index (χ1n) is 7.90. The van der Waals surface area contributed by atoms with Crippen LogP contribution < -0.4 is 10.1 Å². The van der Waals surface area contributed by atoms with Crippen LogP contribution in [0.4, 0.5) is 5.69 Å². The molecule has 24 heavy (non-hydrogen) atoms. The van der Waals surface area contributed by atoms with E-state index >= 15 is 0 Å². The summed E-state index contributed by atoms with van der Waals surface area (Å²) in [5, 5.41) is 3.62. The molecule has 0 fully saturated rings. The van der Waals surface area contributed by atoms with Crippen molar-refractivity contribution in [3.8, 4) is 5.75 Å². The van der Waals surface area contributed by atoms with Crippen LogP contribution >= 0.6 is 11.6 Å². The molecule has 0 heterocycles. The molecule has 128 valence electrons. The Bertz CT molecular complexity index is 671. The summed E-state index contributed by atoms with van der Waals surface area (Å²) in [5.74, 6) is 0.716. The molecule has 0 radical (unpaired) electrons. The van der Waals surface area contributed by atoms with Gasteiger partial charge in [-0.15, -0.1) is 0 Å². The molecule has 1 amide bonds. The highest BCUT2D eigenvalue weighted by atomic mass is 35.5. The van der Waals surface area contributed by atoms with Crippen molar-refractivity contribution in [1.29, 1.82) is 0 Å². The van der Waals surface area contributed by atoms with Crippen molar-refractivity contribution < 1.29 is 9.53 Å². The van der Waals surface area contributed by atoms with Crippen LogP contribution in [0.2, 0.25) is 5.02 Å². The summed E-state index contributed by atoms with van der Waals surface area (Å²) in [6, 6.07) is 15.3. The van der Waals surface area contributed by atoms with Crippen LogP contribution in [0.3, 0.4) is 0 Å². The molecule has 0 spiro atoms. The molecular formula is C19H23ClN2O2. The molecule has 0 aliphatic heterocycles. The average Bonchev–Trinajstić information content (AvgIpc) is 2.55. The van der Waals surface area contributed by atoms with Gasteiger partial charge >= 0.3 is 0 Å². The number of amides is 1. The van der Waals surface area contributed by atoms with Gasteiger partial charge in [-0.25, -0.2) is 0 Å². The molecule has 0 atom stereocenters. The molecule has 0 saturated heterocycles. The van der Waals surface area contributed by atoms with Crippen LogP contribution in [-0.4, -0.2) is 30.5 Å². The smallest absolute Gasteiger partial charge is 0.238 e. The number of rotatable bonds is 7. The molecule has 2 rings (SSSR count). The lowest BCUT2D eigenvalue weighted by Gasteiger charge is -2.26. The third-order valence-corrected chi connectivity index (χ3v) is 3.96. The largest absolute Gasteiger partial charge is 0.497 e. The lowest BCUT2D eigenvalue weighted by molar-refractivity contribution is -0.117. The number of carbonyl (C=O) groups excluding carboxylic acids is 1. The summed E-state index contributed by atoms with van der Waals surface area (Å²) >= 11 is 6.04. The van der Waals surface area contributed by atoms with E-state index in [4.69, 9.17) is 16.3 Å². The first kappa shape index (κ1) is 18.3. The molecule has 2 aromatic rings. The molecule has 0 aliphatic carbocycles. The van der Waals surface area contributed by atoms with E-state index < -0.39 is 0 Å². The number of anilines is 1. The highest BCUT2D eigenvalue weighted by molar-refractivity contribution is 6.30. The predicted molar refractivity (Wildman–Crippen MR) is 98.6 cm³/mol. The van der Waals surface area contributed by atoms with Gasteiger partial charge in [0, 0.05) is 23.3 Å². The Morgan fingerprint density at radius 2 is 1.92 bits per heavy atom. The first-order valence-corrected chi connectivity index (χ1v) is 8.28. The van der Waals surface area contributed by atoms with Crippen molar-refractivity contribution in [1.82, 2.24) is 4.90 Å². The monoisotopic (exact) mass is 346 g/mol. The van der Waals surface area contributed by atoms with Crippen molar-refractivity contribution in [3.05, 3.63) is 59.1 Å². The second-order valence-electron chi connectivity index (χ2n) is 5.91. The molecule has 0 aliphatic rings. The van der Waals surface area contributed by atoms with Gasteiger partial charge in [-0.2, -0.15) is 0 Å². The van der Waals surface area contributed by atoms with Crippen LogP contribution in [0.1, 0.15) is 19.4 Å². The minimum Gasteiger partial charge on any atom is -0.497 e. The molecule has 4 nitrogen and oxygen atoms in total. The van der Waals surface area contributed by atoms with E-state index in [1.807, 2.05) is 48.5 Å². The van der Waals surface area contributed by atoms with Crippen molar-refractivity contribution >= 4 is 23.2 Å². The standard InChI is InChI=1S/C19H23ClN2O2/c1-14(2)22(12-15-5-4-6-16(20)11-15)13-19(23)21-17-7-9-18(24-3)10-8-17/h4-11,14H,12-13H2,1-3H3,(H,21,23). The average molecular weight is 347 g/mol. The van der Waals surface area contributed by atoms with E-state index in [2.05, 4.69) is 24.1 Å². The highest BCUT2D eigenvalue weighted by Gasteiger charge is 2.15. The molecule has 2 aromatic carbocycles. The summed E-state index contributed by atoms with van der Waals surface area (Å²) < 4.78 is 5.11. The SMILES string of the molecule is COc1ccc(NC(=O)CN(Cc2cccc(Cl)c2)C(C)C)cc1. The third-order valence-electron chi connectivity index (χ3n) is 3.73. The van der Waals surface area contributed by atoms with Crippen LogP contribution in [0, 0.1) is 0 Å². The molecule has 0 saturated carbocycles. The molecule has 5 heteroatoms. The number of methoxy groups -OCH3 is 1. The van der Waals surface area contributed by atoms with E-state index in [9.17, 15) is 4.79 Å². The number of hydrogen-bond acceptors (Lipinski definition) is 3. The lowest BCUT2D eigenvalue weighted by Crippen LogP contribution is -2.37. The van der Waals surface area contributed by atoms with Crippen molar-refractivity contribution in [2.75, 3.05) is 19.0 Å². The van der Waals surface area contributed by atoms with E-state index in [1.54, 1.807) is 7.11 Å². The molecular weight excluding hydrogens is 324 g/mol. The number of benzene rings is 2. The summed E-state index contributed by atoms with van der Waals surface area (Å²) in [4.78, 5) is 14.4. The quantitative estimate of drug-likeness (QED) is 0.817. The number of halogens is 1. The molecule has 0 aromatic heterocycles. The minimum atomic E-state index is -0.0455. The Balaban J connectivity index is 1.97. The second kappa shape index (κ2) is 8.71. The maximum absolute atomic E-state index is 12.3. The number of carbonyl (C=O) groups is 1. The Hall–Kier alpha value is -2.04.